The van der Waals surface area contributed by atoms with Gasteiger partial charge in [0.1, 0.15) is 0 Å². The number of rotatable bonds is 4. The summed E-state index contributed by atoms with van der Waals surface area (Å²) in [6.07, 6.45) is 0.471. The number of hydrogen-bond donors (Lipinski definition) is 1. The Morgan fingerprint density at radius 1 is 1.62 bits per heavy atom. The van der Waals surface area contributed by atoms with E-state index in [-0.39, 0.29) is 12.2 Å². The van der Waals surface area contributed by atoms with Crippen molar-refractivity contribution in [2.45, 2.75) is 25.7 Å². The Hall–Kier alpha value is 0.0600. The Morgan fingerprint density at radius 2 is 2.50 bits per heavy atom. The van der Waals surface area contributed by atoms with E-state index in [1.165, 1.54) is 4.88 Å². The van der Waals surface area contributed by atoms with Gasteiger partial charge in [-0.1, -0.05) is 0 Å². The number of hydrogen-bond acceptors (Lipinski definition) is 4. The van der Waals surface area contributed by atoms with E-state index < -0.39 is 0 Å². The van der Waals surface area contributed by atoms with E-state index in [9.17, 15) is 0 Å². The summed E-state index contributed by atoms with van der Waals surface area (Å²) in [5.74, 6) is 0. The van der Waals surface area contributed by atoms with Gasteiger partial charge in [-0.2, -0.15) is 0 Å². The van der Waals surface area contributed by atoms with E-state index in [1.54, 1.807) is 11.3 Å². The largest absolute Gasteiger partial charge is 0.373 e. The van der Waals surface area contributed by atoms with Crippen LogP contribution in [0.4, 0.5) is 0 Å². The summed E-state index contributed by atoms with van der Waals surface area (Å²) < 4.78 is 12.5. The standard InChI is InChI=1S/C11H16BrNO2S/c1-8-4-13-5-9(15-8)6-14-7-11-10(12)2-3-16-11/h2-3,8-9,13H,4-7H2,1H3. The van der Waals surface area contributed by atoms with Crippen molar-refractivity contribution >= 4 is 27.3 Å². The minimum Gasteiger partial charge on any atom is -0.373 e. The molecule has 16 heavy (non-hydrogen) atoms. The molecular formula is C11H16BrNO2S. The molecule has 0 saturated carbocycles. The summed E-state index contributed by atoms with van der Waals surface area (Å²) in [7, 11) is 0. The molecule has 1 saturated heterocycles. The zero-order valence-electron chi connectivity index (χ0n) is 9.24. The highest BCUT2D eigenvalue weighted by Crippen LogP contribution is 2.23. The first-order valence-electron chi connectivity index (χ1n) is 5.41. The Balaban J connectivity index is 1.70. The van der Waals surface area contributed by atoms with Gasteiger partial charge in [0, 0.05) is 22.4 Å². The van der Waals surface area contributed by atoms with Crippen molar-refractivity contribution in [3.63, 3.8) is 0 Å². The Bertz CT molecular complexity index is 332. The Labute approximate surface area is 108 Å². The average molecular weight is 306 g/mol. The van der Waals surface area contributed by atoms with Gasteiger partial charge in [0.15, 0.2) is 0 Å². The first-order chi connectivity index (χ1) is 7.75. The minimum atomic E-state index is 0.183. The van der Waals surface area contributed by atoms with E-state index in [0.717, 1.165) is 17.6 Å². The average Bonchev–Trinajstić information content (AvgIpc) is 2.65. The fourth-order valence-corrected chi connectivity index (χ4v) is 3.08. The summed E-state index contributed by atoms with van der Waals surface area (Å²) >= 11 is 5.20. The van der Waals surface area contributed by atoms with Crippen molar-refractivity contribution < 1.29 is 9.47 Å². The maximum Gasteiger partial charge on any atom is 0.0936 e. The second-order valence-corrected chi connectivity index (χ2v) is 5.79. The van der Waals surface area contributed by atoms with Crippen LogP contribution in [0.2, 0.25) is 0 Å². The fraction of sp³-hybridized carbons (Fsp3) is 0.636. The highest BCUT2D eigenvalue weighted by Gasteiger charge is 2.18. The highest BCUT2D eigenvalue weighted by molar-refractivity contribution is 9.10. The lowest BCUT2D eigenvalue weighted by molar-refractivity contribution is -0.0713. The topological polar surface area (TPSA) is 30.5 Å². The summed E-state index contributed by atoms with van der Waals surface area (Å²) in [4.78, 5) is 1.23. The summed E-state index contributed by atoms with van der Waals surface area (Å²) in [5.41, 5.74) is 0. The van der Waals surface area contributed by atoms with Crippen LogP contribution >= 0.6 is 27.3 Å². The van der Waals surface area contributed by atoms with Gasteiger partial charge in [0.05, 0.1) is 25.4 Å². The first kappa shape index (κ1) is 12.5. The molecule has 5 heteroatoms. The number of nitrogens with one attached hydrogen (secondary N) is 1. The molecule has 0 aromatic carbocycles. The molecule has 0 radical (unpaired) electrons. The van der Waals surface area contributed by atoms with Crippen molar-refractivity contribution in [1.29, 1.82) is 0 Å². The molecule has 2 unspecified atom stereocenters. The molecule has 90 valence electrons. The SMILES string of the molecule is CC1CNCC(COCc2sccc2Br)O1. The quantitative estimate of drug-likeness (QED) is 0.926. The minimum absolute atomic E-state index is 0.183. The molecule has 0 bridgehead atoms. The number of ether oxygens (including phenoxy) is 2. The predicted octanol–water partition coefficient (Wildman–Crippen LogP) is 2.40. The molecule has 1 aromatic heterocycles. The van der Waals surface area contributed by atoms with Crippen molar-refractivity contribution in [3.8, 4) is 0 Å². The number of thiophene rings is 1. The van der Waals surface area contributed by atoms with Crippen LogP contribution in [0.25, 0.3) is 0 Å². The third-order valence-corrected chi connectivity index (χ3v) is 4.36. The molecule has 2 atom stereocenters. The van der Waals surface area contributed by atoms with Gasteiger partial charge in [-0.05, 0) is 34.3 Å². The summed E-state index contributed by atoms with van der Waals surface area (Å²) in [6, 6.07) is 2.05. The van der Waals surface area contributed by atoms with Gasteiger partial charge < -0.3 is 14.8 Å². The van der Waals surface area contributed by atoms with Crippen LogP contribution in [-0.4, -0.2) is 31.9 Å². The van der Waals surface area contributed by atoms with E-state index >= 15 is 0 Å². The number of halogens is 1. The van der Waals surface area contributed by atoms with E-state index in [1.807, 2.05) is 6.07 Å². The van der Waals surface area contributed by atoms with Crippen LogP contribution in [0.5, 0.6) is 0 Å². The molecule has 2 rings (SSSR count). The predicted molar refractivity (Wildman–Crippen MR) is 68.9 cm³/mol. The van der Waals surface area contributed by atoms with Crippen LogP contribution in [0.3, 0.4) is 0 Å². The van der Waals surface area contributed by atoms with E-state index in [0.29, 0.717) is 13.2 Å². The maximum absolute atomic E-state index is 5.74. The molecular weight excluding hydrogens is 290 g/mol. The lowest BCUT2D eigenvalue weighted by Crippen LogP contribution is -2.45. The van der Waals surface area contributed by atoms with Crippen LogP contribution in [0.1, 0.15) is 11.8 Å². The van der Waals surface area contributed by atoms with Gasteiger partial charge in [-0.15, -0.1) is 11.3 Å². The molecule has 1 aliphatic heterocycles. The fourth-order valence-electron chi connectivity index (χ4n) is 1.68. The number of morpholine rings is 1. The van der Waals surface area contributed by atoms with E-state index in [4.69, 9.17) is 9.47 Å². The Morgan fingerprint density at radius 3 is 3.19 bits per heavy atom. The smallest absolute Gasteiger partial charge is 0.0936 e. The molecule has 2 heterocycles. The van der Waals surface area contributed by atoms with Gasteiger partial charge in [-0.3, -0.25) is 0 Å². The highest BCUT2D eigenvalue weighted by atomic mass is 79.9. The summed E-state index contributed by atoms with van der Waals surface area (Å²) in [5, 5.41) is 5.39. The van der Waals surface area contributed by atoms with Crippen LogP contribution < -0.4 is 5.32 Å². The Kier molecular flexibility index (Phi) is 4.79. The van der Waals surface area contributed by atoms with Gasteiger partial charge in [0.25, 0.3) is 0 Å². The molecule has 0 aliphatic carbocycles. The lowest BCUT2D eigenvalue weighted by Gasteiger charge is -2.28. The maximum atomic E-state index is 5.74. The lowest BCUT2D eigenvalue weighted by atomic mass is 10.2. The monoisotopic (exact) mass is 305 g/mol. The first-order valence-corrected chi connectivity index (χ1v) is 7.08. The molecule has 1 aliphatic rings. The zero-order chi connectivity index (χ0) is 11.4. The normalized spacial score (nSPS) is 25.9. The van der Waals surface area contributed by atoms with Crippen LogP contribution in [-0.2, 0) is 16.1 Å². The third-order valence-electron chi connectivity index (χ3n) is 2.46. The third kappa shape index (κ3) is 3.53. The second kappa shape index (κ2) is 6.12. The zero-order valence-corrected chi connectivity index (χ0v) is 11.6. The van der Waals surface area contributed by atoms with Gasteiger partial charge in [-0.25, -0.2) is 0 Å². The van der Waals surface area contributed by atoms with Crippen molar-refractivity contribution in [3.05, 3.63) is 20.8 Å². The van der Waals surface area contributed by atoms with Crippen molar-refractivity contribution in [2.75, 3.05) is 19.7 Å². The molecule has 3 nitrogen and oxygen atoms in total. The van der Waals surface area contributed by atoms with E-state index in [2.05, 4.69) is 33.6 Å². The molecule has 1 fully saturated rings. The molecule has 0 spiro atoms. The molecule has 1 aromatic rings. The van der Waals surface area contributed by atoms with Gasteiger partial charge in [0.2, 0.25) is 0 Å². The molecule has 1 N–H and O–H groups in total. The van der Waals surface area contributed by atoms with Crippen LogP contribution in [0, 0.1) is 0 Å². The molecule has 0 amide bonds. The second-order valence-electron chi connectivity index (χ2n) is 3.93. The summed E-state index contributed by atoms with van der Waals surface area (Å²) in [6.45, 7) is 5.21. The van der Waals surface area contributed by atoms with Crippen molar-refractivity contribution in [1.82, 2.24) is 5.32 Å². The van der Waals surface area contributed by atoms with Crippen molar-refractivity contribution in [2.24, 2.45) is 0 Å². The van der Waals surface area contributed by atoms with Gasteiger partial charge >= 0.3 is 0 Å². The van der Waals surface area contributed by atoms with Crippen LogP contribution in [0.15, 0.2) is 15.9 Å².